The Morgan fingerprint density at radius 3 is 2.15 bits per heavy atom. The van der Waals surface area contributed by atoms with Gasteiger partial charge in [0.1, 0.15) is 5.75 Å². The third kappa shape index (κ3) is 4.92. The minimum absolute atomic E-state index is 0.0264. The molecule has 0 radical (unpaired) electrons. The second kappa shape index (κ2) is 9.73. The first-order valence-electron chi connectivity index (χ1n) is 8.40. The molecule has 2 rings (SSSR count). The van der Waals surface area contributed by atoms with Gasteiger partial charge < -0.3 is 24.8 Å². The molecule has 0 spiro atoms. The minimum atomic E-state index is -0.0264. The highest BCUT2D eigenvalue weighted by atomic mass is 16.5. The van der Waals surface area contributed by atoms with Crippen LogP contribution in [0.25, 0.3) is 16.7 Å². The zero-order chi connectivity index (χ0) is 18.9. The molecule has 26 heavy (non-hydrogen) atoms. The molecular formula is C21H26N2O3-2. The SMILES string of the molecule is C[N-]C(=Cc1ccc(OC)c(OC)c1)C(Cc1ccc(OC)cc1)[N-]C. The van der Waals surface area contributed by atoms with Gasteiger partial charge in [-0.15, -0.1) is 13.1 Å². The Labute approximate surface area is 156 Å². The van der Waals surface area contributed by atoms with Crippen LogP contribution in [0, 0.1) is 0 Å². The van der Waals surface area contributed by atoms with E-state index in [0.717, 1.165) is 23.4 Å². The Morgan fingerprint density at radius 2 is 1.62 bits per heavy atom. The summed E-state index contributed by atoms with van der Waals surface area (Å²) in [7, 11) is 8.53. The predicted octanol–water partition coefficient (Wildman–Crippen LogP) is 4.67. The number of likely N-dealkylation sites (N-methyl/N-ethyl adjacent to an activating group) is 2. The van der Waals surface area contributed by atoms with E-state index in [-0.39, 0.29) is 6.04 Å². The summed E-state index contributed by atoms with van der Waals surface area (Å²) >= 11 is 0. The van der Waals surface area contributed by atoms with E-state index in [4.69, 9.17) is 14.2 Å². The summed E-state index contributed by atoms with van der Waals surface area (Å²) in [5.41, 5.74) is 3.09. The van der Waals surface area contributed by atoms with Gasteiger partial charge >= 0.3 is 0 Å². The summed E-state index contributed by atoms with van der Waals surface area (Å²) < 4.78 is 15.9. The molecule has 0 saturated heterocycles. The standard InChI is InChI=1S/C21H26N2O3/c1-22-18(12-15-6-9-17(24-3)10-7-15)19(23-2)13-16-8-11-20(25-4)21(14-16)26-5/h6-11,13-14,18H,12H2,1-5H3/q-2. The fourth-order valence-corrected chi connectivity index (χ4v) is 2.74. The molecule has 0 aromatic heterocycles. The summed E-state index contributed by atoms with van der Waals surface area (Å²) in [6.45, 7) is 0. The lowest BCUT2D eigenvalue weighted by molar-refractivity contribution is 0.355. The molecule has 0 saturated carbocycles. The van der Waals surface area contributed by atoms with Crippen molar-refractivity contribution in [1.29, 1.82) is 0 Å². The fraction of sp³-hybridized carbons (Fsp3) is 0.333. The van der Waals surface area contributed by atoms with Crippen molar-refractivity contribution in [3.63, 3.8) is 0 Å². The lowest BCUT2D eigenvalue weighted by Gasteiger charge is -2.38. The van der Waals surface area contributed by atoms with Crippen molar-refractivity contribution in [2.45, 2.75) is 12.5 Å². The van der Waals surface area contributed by atoms with Gasteiger partial charge in [-0.3, -0.25) is 0 Å². The monoisotopic (exact) mass is 354 g/mol. The molecule has 5 heteroatoms. The smallest absolute Gasteiger partial charge is 0.161 e. The van der Waals surface area contributed by atoms with Gasteiger partial charge in [-0.25, -0.2) is 0 Å². The lowest BCUT2D eigenvalue weighted by Crippen LogP contribution is -2.12. The van der Waals surface area contributed by atoms with Gasteiger partial charge in [-0.2, -0.15) is 12.7 Å². The zero-order valence-electron chi connectivity index (χ0n) is 16.0. The summed E-state index contributed by atoms with van der Waals surface area (Å²) in [5.74, 6) is 2.24. The van der Waals surface area contributed by atoms with Gasteiger partial charge in [0.15, 0.2) is 11.5 Å². The predicted molar refractivity (Wildman–Crippen MR) is 107 cm³/mol. The molecule has 0 bridgehead atoms. The van der Waals surface area contributed by atoms with Crippen LogP contribution in [0.15, 0.2) is 48.2 Å². The number of benzene rings is 2. The third-order valence-corrected chi connectivity index (χ3v) is 4.22. The van der Waals surface area contributed by atoms with E-state index in [1.54, 1.807) is 28.4 Å². The quantitative estimate of drug-likeness (QED) is 0.657. The molecule has 2 aromatic carbocycles. The number of ether oxygens (including phenoxy) is 3. The van der Waals surface area contributed by atoms with E-state index in [2.05, 4.69) is 22.8 Å². The van der Waals surface area contributed by atoms with Gasteiger partial charge in [0.2, 0.25) is 0 Å². The van der Waals surface area contributed by atoms with Crippen molar-refractivity contribution in [2.24, 2.45) is 0 Å². The van der Waals surface area contributed by atoms with Gasteiger partial charge in [0.05, 0.1) is 21.3 Å². The number of hydrogen-bond donors (Lipinski definition) is 0. The minimum Gasteiger partial charge on any atom is -0.691 e. The average molecular weight is 354 g/mol. The zero-order valence-corrected chi connectivity index (χ0v) is 16.0. The third-order valence-electron chi connectivity index (χ3n) is 4.22. The Morgan fingerprint density at radius 1 is 0.923 bits per heavy atom. The van der Waals surface area contributed by atoms with Gasteiger partial charge in [-0.1, -0.05) is 24.3 Å². The molecule has 1 atom stereocenters. The second-order valence-corrected chi connectivity index (χ2v) is 5.73. The Hall–Kier alpha value is -2.66. The average Bonchev–Trinajstić information content (AvgIpc) is 2.70. The molecule has 2 aromatic rings. The van der Waals surface area contributed by atoms with Crippen molar-refractivity contribution in [1.82, 2.24) is 0 Å². The molecule has 140 valence electrons. The van der Waals surface area contributed by atoms with Gasteiger partial charge in [-0.05, 0) is 41.8 Å². The first-order valence-corrected chi connectivity index (χ1v) is 8.40. The van der Waals surface area contributed by atoms with Crippen LogP contribution in [0.1, 0.15) is 11.1 Å². The first-order chi connectivity index (χ1) is 12.6. The maximum absolute atomic E-state index is 5.38. The summed E-state index contributed by atoms with van der Waals surface area (Å²) in [4.78, 5) is 0. The molecule has 0 heterocycles. The van der Waals surface area contributed by atoms with Crippen LogP contribution in [0.5, 0.6) is 17.2 Å². The van der Waals surface area contributed by atoms with Crippen LogP contribution in [-0.2, 0) is 6.42 Å². The van der Waals surface area contributed by atoms with E-state index in [0.29, 0.717) is 11.5 Å². The number of hydrogen-bond acceptors (Lipinski definition) is 3. The fourth-order valence-electron chi connectivity index (χ4n) is 2.74. The maximum atomic E-state index is 5.38. The van der Waals surface area contributed by atoms with Crippen LogP contribution >= 0.6 is 0 Å². The second-order valence-electron chi connectivity index (χ2n) is 5.73. The topological polar surface area (TPSA) is 55.9 Å². The van der Waals surface area contributed by atoms with E-state index in [1.807, 2.05) is 43.5 Å². The van der Waals surface area contributed by atoms with E-state index in [9.17, 15) is 0 Å². The number of rotatable bonds is 9. The largest absolute Gasteiger partial charge is 0.691 e. The van der Waals surface area contributed by atoms with E-state index >= 15 is 0 Å². The van der Waals surface area contributed by atoms with Crippen LogP contribution in [0.2, 0.25) is 0 Å². The van der Waals surface area contributed by atoms with Crippen LogP contribution in [-0.4, -0.2) is 41.5 Å². The van der Waals surface area contributed by atoms with Gasteiger partial charge in [0.25, 0.3) is 0 Å². The maximum Gasteiger partial charge on any atom is 0.161 e. The first kappa shape index (κ1) is 19.7. The summed E-state index contributed by atoms with van der Waals surface area (Å²) in [6, 6.07) is 13.8. The van der Waals surface area contributed by atoms with Crippen molar-refractivity contribution in [3.05, 3.63) is 69.9 Å². The van der Waals surface area contributed by atoms with Crippen molar-refractivity contribution in [3.8, 4) is 17.2 Å². The van der Waals surface area contributed by atoms with E-state index < -0.39 is 0 Å². The molecule has 0 N–H and O–H groups in total. The Balaban J connectivity index is 2.23. The molecule has 5 nitrogen and oxygen atoms in total. The van der Waals surface area contributed by atoms with Crippen molar-refractivity contribution >= 4 is 6.08 Å². The summed E-state index contributed by atoms with van der Waals surface area (Å²) in [5, 5.41) is 8.97. The number of nitrogens with zero attached hydrogens (tertiary/aromatic N) is 2. The molecule has 0 aliphatic carbocycles. The molecule has 0 aliphatic heterocycles. The van der Waals surface area contributed by atoms with E-state index in [1.165, 1.54) is 5.56 Å². The Kier molecular flexibility index (Phi) is 7.36. The van der Waals surface area contributed by atoms with Crippen molar-refractivity contribution in [2.75, 3.05) is 35.4 Å². The van der Waals surface area contributed by atoms with Crippen LogP contribution < -0.4 is 14.2 Å². The molecule has 0 amide bonds. The highest BCUT2D eigenvalue weighted by Gasteiger charge is 2.04. The van der Waals surface area contributed by atoms with Gasteiger partial charge in [0, 0.05) is 0 Å². The molecule has 1 unspecified atom stereocenters. The number of methoxy groups -OCH3 is 3. The normalized spacial score (nSPS) is 12.4. The van der Waals surface area contributed by atoms with Crippen LogP contribution in [0.3, 0.4) is 0 Å². The van der Waals surface area contributed by atoms with Crippen molar-refractivity contribution < 1.29 is 14.2 Å². The van der Waals surface area contributed by atoms with Crippen LogP contribution in [0.4, 0.5) is 0 Å². The molecule has 0 fully saturated rings. The highest BCUT2D eigenvalue weighted by molar-refractivity contribution is 5.61. The highest BCUT2D eigenvalue weighted by Crippen LogP contribution is 2.30. The summed E-state index contributed by atoms with van der Waals surface area (Å²) in [6.07, 6.45) is 2.81. The molecular weight excluding hydrogens is 328 g/mol. The Bertz CT molecular complexity index is 727. The molecule has 0 aliphatic rings. The lowest BCUT2D eigenvalue weighted by atomic mass is 10.0.